The molecule has 2 N–H and O–H groups in total. The number of nitrogens with two attached hydrogens (primary N) is 1. The van der Waals surface area contributed by atoms with Crippen molar-refractivity contribution in [3.05, 3.63) is 24.3 Å². The van der Waals surface area contributed by atoms with Crippen LogP contribution in [0.5, 0.6) is 11.5 Å². The summed E-state index contributed by atoms with van der Waals surface area (Å²) >= 11 is 0. The average Bonchev–Trinajstić information content (AvgIpc) is 2.35. The third kappa shape index (κ3) is 6.14. The van der Waals surface area contributed by atoms with E-state index >= 15 is 0 Å². The van der Waals surface area contributed by atoms with Gasteiger partial charge in [0.15, 0.2) is 0 Å². The summed E-state index contributed by atoms with van der Waals surface area (Å²) in [5.74, 6) is 1.67. The Bertz CT molecular complexity index is 304. The van der Waals surface area contributed by atoms with E-state index in [9.17, 15) is 0 Å². The first-order chi connectivity index (χ1) is 8.36. The SMILES string of the molecule is CCOc1cccc(OCCCOCCN)c1. The van der Waals surface area contributed by atoms with Crippen LogP contribution in [0.2, 0.25) is 0 Å². The molecule has 17 heavy (non-hydrogen) atoms. The minimum absolute atomic E-state index is 0.567. The molecule has 0 aliphatic rings. The maximum Gasteiger partial charge on any atom is 0.122 e. The monoisotopic (exact) mass is 239 g/mol. The Hall–Kier alpha value is -1.26. The van der Waals surface area contributed by atoms with Crippen LogP contribution < -0.4 is 15.2 Å². The minimum atomic E-state index is 0.567. The van der Waals surface area contributed by atoms with E-state index in [1.165, 1.54) is 0 Å². The lowest BCUT2D eigenvalue weighted by Gasteiger charge is -2.08. The second-order valence-electron chi connectivity index (χ2n) is 3.51. The molecule has 0 atom stereocenters. The van der Waals surface area contributed by atoms with Crippen molar-refractivity contribution >= 4 is 0 Å². The molecule has 0 aromatic heterocycles. The highest BCUT2D eigenvalue weighted by molar-refractivity contribution is 5.32. The van der Waals surface area contributed by atoms with Crippen LogP contribution in [0.1, 0.15) is 13.3 Å². The predicted molar refractivity (Wildman–Crippen MR) is 67.6 cm³/mol. The summed E-state index contributed by atoms with van der Waals surface area (Å²) in [6, 6.07) is 7.65. The molecule has 4 heteroatoms. The van der Waals surface area contributed by atoms with Gasteiger partial charge in [-0.15, -0.1) is 0 Å². The van der Waals surface area contributed by atoms with Gasteiger partial charge in [0.05, 0.1) is 19.8 Å². The van der Waals surface area contributed by atoms with Crippen LogP contribution in [0.15, 0.2) is 24.3 Å². The van der Waals surface area contributed by atoms with Crippen molar-refractivity contribution in [1.82, 2.24) is 0 Å². The topological polar surface area (TPSA) is 53.7 Å². The number of benzene rings is 1. The molecule has 0 spiro atoms. The van der Waals surface area contributed by atoms with E-state index in [-0.39, 0.29) is 0 Å². The standard InChI is InChI=1S/C13H21NO3/c1-2-16-12-5-3-6-13(11-12)17-9-4-8-15-10-7-14/h3,5-6,11H,2,4,7-10,14H2,1H3. The molecule has 0 bridgehead atoms. The lowest BCUT2D eigenvalue weighted by molar-refractivity contribution is 0.125. The molecule has 0 aliphatic carbocycles. The number of ether oxygens (including phenoxy) is 3. The van der Waals surface area contributed by atoms with Gasteiger partial charge in [0.1, 0.15) is 11.5 Å². The van der Waals surface area contributed by atoms with E-state index in [0.717, 1.165) is 17.9 Å². The first-order valence-electron chi connectivity index (χ1n) is 6.00. The molecule has 0 unspecified atom stereocenters. The highest BCUT2D eigenvalue weighted by Gasteiger charge is 1.97. The fourth-order valence-electron chi connectivity index (χ4n) is 1.36. The zero-order valence-electron chi connectivity index (χ0n) is 10.4. The van der Waals surface area contributed by atoms with Gasteiger partial charge in [-0.1, -0.05) is 6.07 Å². The zero-order valence-corrected chi connectivity index (χ0v) is 10.4. The van der Waals surface area contributed by atoms with Crippen LogP contribution in [0, 0.1) is 0 Å². The molecule has 0 radical (unpaired) electrons. The highest BCUT2D eigenvalue weighted by Crippen LogP contribution is 2.19. The van der Waals surface area contributed by atoms with Crippen molar-refractivity contribution in [3.8, 4) is 11.5 Å². The number of rotatable bonds is 9. The summed E-state index contributed by atoms with van der Waals surface area (Å²) in [6.45, 7) is 5.12. The molecule has 0 saturated heterocycles. The van der Waals surface area contributed by atoms with Gasteiger partial charge in [0.2, 0.25) is 0 Å². The van der Waals surface area contributed by atoms with Gasteiger partial charge in [-0.05, 0) is 19.1 Å². The Labute approximate surface area is 103 Å². The molecule has 0 saturated carbocycles. The lowest BCUT2D eigenvalue weighted by Crippen LogP contribution is -2.10. The van der Waals surface area contributed by atoms with Gasteiger partial charge in [-0.2, -0.15) is 0 Å². The van der Waals surface area contributed by atoms with Gasteiger partial charge < -0.3 is 19.9 Å². The van der Waals surface area contributed by atoms with Crippen molar-refractivity contribution in [1.29, 1.82) is 0 Å². The van der Waals surface area contributed by atoms with Crippen molar-refractivity contribution in [2.45, 2.75) is 13.3 Å². The summed E-state index contributed by atoms with van der Waals surface area (Å²) in [5.41, 5.74) is 5.31. The van der Waals surface area contributed by atoms with Crippen molar-refractivity contribution in [2.24, 2.45) is 5.73 Å². The van der Waals surface area contributed by atoms with Crippen molar-refractivity contribution in [2.75, 3.05) is 33.0 Å². The third-order valence-electron chi connectivity index (χ3n) is 2.08. The summed E-state index contributed by atoms with van der Waals surface area (Å²) in [5, 5.41) is 0. The Balaban J connectivity index is 2.19. The van der Waals surface area contributed by atoms with Crippen LogP contribution in [-0.2, 0) is 4.74 Å². The predicted octanol–water partition coefficient (Wildman–Crippen LogP) is 1.83. The summed E-state index contributed by atoms with van der Waals surface area (Å²) < 4.78 is 16.2. The largest absolute Gasteiger partial charge is 0.494 e. The Morgan fingerprint density at radius 3 is 2.53 bits per heavy atom. The third-order valence-corrected chi connectivity index (χ3v) is 2.08. The van der Waals surface area contributed by atoms with Gasteiger partial charge in [0, 0.05) is 25.6 Å². The minimum Gasteiger partial charge on any atom is -0.494 e. The van der Waals surface area contributed by atoms with Crippen LogP contribution in [0.4, 0.5) is 0 Å². The quantitative estimate of drug-likeness (QED) is 0.668. The Morgan fingerprint density at radius 1 is 1.06 bits per heavy atom. The average molecular weight is 239 g/mol. The normalized spacial score (nSPS) is 10.2. The molecule has 0 heterocycles. The fourth-order valence-corrected chi connectivity index (χ4v) is 1.36. The fraction of sp³-hybridized carbons (Fsp3) is 0.538. The van der Waals surface area contributed by atoms with Crippen LogP contribution >= 0.6 is 0 Å². The Morgan fingerprint density at radius 2 is 1.82 bits per heavy atom. The second kappa shape index (κ2) is 8.84. The summed E-state index contributed by atoms with van der Waals surface area (Å²) in [7, 11) is 0. The first kappa shape index (κ1) is 13.8. The molecule has 4 nitrogen and oxygen atoms in total. The smallest absolute Gasteiger partial charge is 0.122 e. The molecule has 0 amide bonds. The lowest BCUT2D eigenvalue weighted by atomic mass is 10.3. The number of hydrogen-bond acceptors (Lipinski definition) is 4. The van der Waals surface area contributed by atoms with E-state index < -0.39 is 0 Å². The maximum absolute atomic E-state index is 5.58. The molecule has 1 rings (SSSR count). The van der Waals surface area contributed by atoms with E-state index in [2.05, 4.69) is 0 Å². The van der Waals surface area contributed by atoms with E-state index in [4.69, 9.17) is 19.9 Å². The molecule has 0 fully saturated rings. The van der Waals surface area contributed by atoms with E-state index in [1.54, 1.807) is 0 Å². The molecule has 1 aromatic rings. The second-order valence-corrected chi connectivity index (χ2v) is 3.51. The van der Waals surface area contributed by atoms with Crippen molar-refractivity contribution < 1.29 is 14.2 Å². The van der Waals surface area contributed by atoms with E-state index in [1.807, 2.05) is 31.2 Å². The van der Waals surface area contributed by atoms with Crippen LogP contribution in [0.3, 0.4) is 0 Å². The maximum atomic E-state index is 5.58. The molecule has 96 valence electrons. The van der Waals surface area contributed by atoms with Gasteiger partial charge in [0.25, 0.3) is 0 Å². The highest BCUT2D eigenvalue weighted by atomic mass is 16.5. The summed E-state index contributed by atoms with van der Waals surface area (Å²) in [6.07, 6.45) is 0.860. The van der Waals surface area contributed by atoms with Gasteiger partial charge >= 0.3 is 0 Å². The number of hydrogen-bond donors (Lipinski definition) is 1. The summed E-state index contributed by atoms with van der Waals surface area (Å²) in [4.78, 5) is 0. The van der Waals surface area contributed by atoms with Crippen LogP contribution in [0.25, 0.3) is 0 Å². The van der Waals surface area contributed by atoms with Gasteiger partial charge in [-0.3, -0.25) is 0 Å². The molecular formula is C13H21NO3. The first-order valence-corrected chi connectivity index (χ1v) is 6.00. The molecular weight excluding hydrogens is 218 g/mol. The zero-order chi connectivity index (χ0) is 12.3. The molecule has 1 aromatic carbocycles. The Kier molecular flexibility index (Phi) is 7.18. The van der Waals surface area contributed by atoms with Gasteiger partial charge in [-0.25, -0.2) is 0 Å². The van der Waals surface area contributed by atoms with Crippen LogP contribution in [-0.4, -0.2) is 33.0 Å². The van der Waals surface area contributed by atoms with Crippen molar-refractivity contribution in [3.63, 3.8) is 0 Å². The molecule has 0 aliphatic heterocycles. The van der Waals surface area contributed by atoms with E-state index in [0.29, 0.717) is 33.0 Å².